The van der Waals surface area contributed by atoms with Gasteiger partial charge in [-0.15, -0.1) is 0 Å². The summed E-state index contributed by atoms with van der Waals surface area (Å²) < 4.78 is 13.3. The zero-order valence-electron chi connectivity index (χ0n) is 17.5. The van der Waals surface area contributed by atoms with Crippen LogP contribution in [0.15, 0.2) is 43.0 Å². The van der Waals surface area contributed by atoms with E-state index in [-0.39, 0.29) is 5.91 Å². The molecule has 1 amide bonds. The highest BCUT2D eigenvalue weighted by Crippen LogP contribution is 2.23. The van der Waals surface area contributed by atoms with Crippen LogP contribution < -0.4 is 5.32 Å². The Bertz CT molecular complexity index is 770. The van der Waals surface area contributed by atoms with Crippen LogP contribution in [-0.2, 0) is 22.4 Å². The van der Waals surface area contributed by atoms with E-state index in [0.717, 1.165) is 51.3 Å². The second kappa shape index (κ2) is 10.7. The second-order valence-corrected chi connectivity index (χ2v) is 8.26. The summed E-state index contributed by atoms with van der Waals surface area (Å²) in [5, 5.41) is 3.00. The Balaban J connectivity index is 1.19. The van der Waals surface area contributed by atoms with Gasteiger partial charge in [-0.2, -0.15) is 0 Å². The van der Waals surface area contributed by atoms with Gasteiger partial charge in [0.05, 0.1) is 38.8 Å². The number of likely N-dealkylation sites (tertiary alicyclic amines) is 1. The molecule has 162 valence electrons. The van der Waals surface area contributed by atoms with E-state index in [2.05, 4.69) is 27.3 Å². The van der Waals surface area contributed by atoms with E-state index in [1.807, 2.05) is 22.9 Å². The molecule has 0 bridgehead atoms. The molecule has 1 aromatic carbocycles. The molecule has 7 heteroatoms. The number of amides is 1. The molecule has 2 aliphatic heterocycles. The number of carbonyl (C=O) groups excluding carboxylic acids is 1. The SMILES string of the molecule is O=C(NCCCn1ccnc1)c1ccc(CC2CCN(C3COCCOC3)C2)cc1. The third-order valence-corrected chi connectivity index (χ3v) is 6.00. The van der Waals surface area contributed by atoms with E-state index in [1.165, 1.54) is 12.0 Å². The fourth-order valence-corrected chi connectivity index (χ4v) is 4.29. The van der Waals surface area contributed by atoms with Crippen molar-refractivity contribution in [2.24, 2.45) is 5.92 Å². The number of aryl methyl sites for hydroxylation is 1. The maximum atomic E-state index is 12.3. The molecule has 2 aliphatic rings. The first kappa shape index (κ1) is 21.0. The molecule has 0 saturated carbocycles. The van der Waals surface area contributed by atoms with Crippen LogP contribution in [-0.4, -0.2) is 72.5 Å². The summed E-state index contributed by atoms with van der Waals surface area (Å²) in [5.74, 6) is 0.642. The molecule has 1 atom stereocenters. The van der Waals surface area contributed by atoms with Crippen molar-refractivity contribution >= 4 is 5.91 Å². The van der Waals surface area contributed by atoms with Gasteiger partial charge in [-0.05, 0) is 49.4 Å². The molecule has 4 rings (SSSR count). The fraction of sp³-hybridized carbons (Fsp3) is 0.565. The van der Waals surface area contributed by atoms with E-state index < -0.39 is 0 Å². The summed E-state index contributed by atoms with van der Waals surface area (Å²) in [6, 6.07) is 8.47. The quantitative estimate of drug-likeness (QED) is 0.672. The van der Waals surface area contributed by atoms with Gasteiger partial charge in [0.25, 0.3) is 5.91 Å². The lowest BCUT2D eigenvalue weighted by Crippen LogP contribution is -2.39. The molecule has 2 aromatic rings. The van der Waals surface area contributed by atoms with Crippen LogP contribution in [0.1, 0.15) is 28.8 Å². The Kier molecular flexibility index (Phi) is 7.50. The van der Waals surface area contributed by atoms with Crippen LogP contribution in [0.2, 0.25) is 0 Å². The third-order valence-electron chi connectivity index (χ3n) is 6.00. The third kappa shape index (κ3) is 5.90. The molecule has 2 saturated heterocycles. The predicted molar refractivity (Wildman–Crippen MR) is 114 cm³/mol. The highest BCUT2D eigenvalue weighted by Gasteiger charge is 2.29. The van der Waals surface area contributed by atoms with Crippen LogP contribution >= 0.6 is 0 Å². The number of rotatable bonds is 8. The minimum absolute atomic E-state index is 0.00686. The zero-order valence-corrected chi connectivity index (χ0v) is 17.5. The van der Waals surface area contributed by atoms with Gasteiger partial charge in [0.2, 0.25) is 0 Å². The number of hydrogen-bond acceptors (Lipinski definition) is 5. The minimum Gasteiger partial charge on any atom is -0.377 e. The number of nitrogens with zero attached hydrogens (tertiary/aromatic N) is 3. The van der Waals surface area contributed by atoms with Crippen molar-refractivity contribution in [1.29, 1.82) is 0 Å². The lowest BCUT2D eigenvalue weighted by atomic mass is 9.98. The number of imidazole rings is 1. The maximum Gasteiger partial charge on any atom is 0.251 e. The molecule has 3 heterocycles. The summed E-state index contributed by atoms with van der Waals surface area (Å²) in [4.78, 5) is 18.9. The van der Waals surface area contributed by atoms with E-state index >= 15 is 0 Å². The number of carbonyl (C=O) groups is 1. The van der Waals surface area contributed by atoms with Crippen LogP contribution in [0, 0.1) is 5.92 Å². The zero-order chi connectivity index (χ0) is 20.6. The molecule has 1 N–H and O–H groups in total. The summed E-state index contributed by atoms with van der Waals surface area (Å²) in [6.07, 6.45) is 8.64. The average Bonchev–Trinajstić information content (AvgIpc) is 3.38. The highest BCUT2D eigenvalue weighted by atomic mass is 16.5. The Hall–Kier alpha value is -2.22. The van der Waals surface area contributed by atoms with Crippen molar-refractivity contribution in [1.82, 2.24) is 19.8 Å². The maximum absolute atomic E-state index is 12.3. The minimum atomic E-state index is -0.00686. The topological polar surface area (TPSA) is 68.6 Å². The van der Waals surface area contributed by atoms with Crippen LogP contribution in [0.25, 0.3) is 0 Å². The average molecular weight is 413 g/mol. The fourth-order valence-electron chi connectivity index (χ4n) is 4.29. The van der Waals surface area contributed by atoms with Crippen LogP contribution in [0.4, 0.5) is 0 Å². The highest BCUT2D eigenvalue weighted by molar-refractivity contribution is 5.94. The van der Waals surface area contributed by atoms with E-state index in [9.17, 15) is 4.79 Å². The molecule has 0 radical (unpaired) electrons. The number of nitrogens with one attached hydrogen (secondary N) is 1. The monoisotopic (exact) mass is 412 g/mol. The molecule has 2 fully saturated rings. The van der Waals surface area contributed by atoms with Crippen molar-refractivity contribution in [3.63, 3.8) is 0 Å². The lowest BCUT2D eigenvalue weighted by Gasteiger charge is -2.25. The van der Waals surface area contributed by atoms with Gasteiger partial charge < -0.3 is 19.4 Å². The van der Waals surface area contributed by atoms with Gasteiger partial charge in [-0.3, -0.25) is 9.69 Å². The van der Waals surface area contributed by atoms with Gasteiger partial charge in [-0.1, -0.05) is 12.1 Å². The molecule has 1 unspecified atom stereocenters. The van der Waals surface area contributed by atoms with E-state index in [4.69, 9.17) is 9.47 Å². The van der Waals surface area contributed by atoms with E-state index in [1.54, 1.807) is 12.5 Å². The second-order valence-electron chi connectivity index (χ2n) is 8.26. The molecule has 30 heavy (non-hydrogen) atoms. The van der Waals surface area contributed by atoms with Gasteiger partial charge in [-0.25, -0.2) is 4.98 Å². The Morgan fingerprint density at radius 3 is 2.70 bits per heavy atom. The van der Waals surface area contributed by atoms with Crippen molar-refractivity contribution in [2.75, 3.05) is 46.1 Å². The van der Waals surface area contributed by atoms with Gasteiger partial charge in [0.15, 0.2) is 0 Å². The molecular weight excluding hydrogens is 380 g/mol. The number of ether oxygens (including phenoxy) is 2. The Morgan fingerprint density at radius 1 is 1.17 bits per heavy atom. The summed E-state index contributed by atoms with van der Waals surface area (Å²) in [7, 11) is 0. The van der Waals surface area contributed by atoms with Crippen molar-refractivity contribution in [2.45, 2.75) is 31.8 Å². The number of hydrogen-bond donors (Lipinski definition) is 1. The number of benzene rings is 1. The largest absolute Gasteiger partial charge is 0.377 e. The molecule has 0 spiro atoms. The normalized spacial score (nSPS) is 20.9. The van der Waals surface area contributed by atoms with Crippen molar-refractivity contribution < 1.29 is 14.3 Å². The standard InChI is InChI=1S/C23H32N4O3/c28-23(25-7-1-9-26-11-8-24-18-26)21-4-2-19(3-5-21)14-20-6-10-27(15-20)22-16-29-12-13-30-17-22/h2-5,8,11,18,20,22H,1,6-7,9-10,12-17H2,(H,25,28). The molecule has 0 aliphatic carbocycles. The van der Waals surface area contributed by atoms with Gasteiger partial charge in [0, 0.05) is 37.6 Å². The Labute approximate surface area is 178 Å². The molecule has 7 nitrogen and oxygen atoms in total. The van der Waals surface area contributed by atoms with Crippen molar-refractivity contribution in [3.8, 4) is 0 Å². The number of aromatic nitrogens is 2. The summed E-state index contributed by atoms with van der Waals surface area (Å²) in [6.45, 7) is 6.69. The molecular formula is C23H32N4O3. The predicted octanol–water partition coefficient (Wildman–Crippen LogP) is 1.98. The first-order valence-corrected chi connectivity index (χ1v) is 11.0. The first-order chi connectivity index (χ1) is 14.8. The summed E-state index contributed by atoms with van der Waals surface area (Å²) >= 11 is 0. The molecule has 1 aromatic heterocycles. The van der Waals surface area contributed by atoms with Gasteiger partial charge in [0.1, 0.15) is 0 Å². The van der Waals surface area contributed by atoms with Crippen LogP contribution in [0.5, 0.6) is 0 Å². The smallest absolute Gasteiger partial charge is 0.251 e. The van der Waals surface area contributed by atoms with Gasteiger partial charge >= 0.3 is 0 Å². The van der Waals surface area contributed by atoms with E-state index in [0.29, 0.717) is 31.7 Å². The van der Waals surface area contributed by atoms with Crippen molar-refractivity contribution in [3.05, 3.63) is 54.1 Å². The Morgan fingerprint density at radius 2 is 1.97 bits per heavy atom. The van der Waals surface area contributed by atoms with Crippen LogP contribution in [0.3, 0.4) is 0 Å². The lowest BCUT2D eigenvalue weighted by molar-refractivity contribution is 0.0839. The first-order valence-electron chi connectivity index (χ1n) is 11.0. The summed E-state index contributed by atoms with van der Waals surface area (Å²) in [5.41, 5.74) is 2.02.